The molecule has 9 heteroatoms. The van der Waals surface area contributed by atoms with Crippen molar-refractivity contribution in [2.75, 3.05) is 6.54 Å². The van der Waals surface area contributed by atoms with Gasteiger partial charge in [-0.25, -0.2) is 9.40 Å². The minimum Gasteiger partial charge on any atom is -0.292 e. The van der Waals surface area contributed by atoms with Crippen molar-refractivity contribution in [2.45, 2.75) is 25.7 Å². The zero-order valence-electron chi connectivity index (χ0n) is 16.9. The maximum Gasteiger partial charge on any atom is 0.274 e. The molecule has 1 aliphatic carbocycles. The third kappa shape index (κ3) is 4.14. The first-order chi connectivity index (χ1) is 15.3. The van der Waals surface area contributed by atoms with Crippen LogP contribution < -0.4 is 0 Å². The van der Waals surface area contributed by atoms with Crippen molar-refractivity contribution < 1.29 is 23.6 Å². The molecule has 4 rings (SSSR count). The summed E-state index contributed by atoms with van der Waals surface area (Å²) in [7, 11) is 0. The summed E-state index contributed by atoms with van der Waals surface area (Å²) >= 11 is 12.1. The average Bonchev–Trinajstić information content (AvgIpc) is 3.02. The Kier molecular flexibility index (Phi) is 6.31. The first kappa shape index (κ1) is 22.4. The van der Waals surface area contributed by atoms with Gasteiger partial charge in [0, 0.05) is 10.6 Å². The number of rotatable bonds is 5. The lowest BCUT2D eigenvalue weighted by Crippen LogP contribution is -2.52. The lowest BCUT2D eigenvalue weighted by atomic mass is 9.81. The maximum absolute atomic E-state index is 13.4. The summed E-state index contributed by atoms with van der Waals surface area (Å²) in [6.07, 6.45) is 2.75. The number of imide groups is 1. The molecule has 2 aromatic rings. The summed E-state index contributed by atoms with van der Waals surface area (Å²) in [5, 5.41) is 1.98. The Hall–Kier alpha value is -2.77. The topological polar surface area (TPSA) is 74.8 Å². The van der Waals surface area contributed by atoms with Gasteiger partial charge in [0.2, 0.25) is 0 Å². The van der Waals surface area contributed by atoms with Crippen molar-refractivity contribution in [3.63, 3.8) is 0 Å². The molecule has 0 spiro atoms. The smallest absolute Gasteiger partial charge is 0.274 e. The van der Waals surface area contributed by atoms with Gasteiger partial charge in [0.25, 0.3) is 17.7 Å². The number of ketones is 1. The molecule has 0 N–H and O–H groups in total. The second-order valence-corrected chi connectivity index (χ2v) is 8.75. The van der Waals surface area contributed by atoms with E-state index in [2.05, 4.69) is 0 Å². The molecule has 1 saturated carbocycles. The number of hydrogen-bond acceptors (Lipinski definition) is 4. The van der Waals surface area contributed by atoms with Crippen LogP contribution >= 0.6 is 23.2 Å². The van der Waals surface area contributed by atoms with Gasteiger partial charge in [-0.05, 0) is 55.3 Å². The Morgan fingerprint density at radius 1 is 0.969 bits per heavy atom. The van der Waals surface area contributed by atoms with Crippen LogP contribution in [0, 0.1) is 17.7 Å². The van der Waals surface area contributed by atoms with Gasteiger partial charge in [-0.1, -0.05) is 36.0 Å². The van der Waals surface area contributed by atoms with E-state index in [1.807, 2.05) is 0 Å². The number of carbonyl (C=O) groups is 4. The second-order valence-electron chi connectivity index (χ2n) is 7.90. The fraction of sp³-hybridized carbons (Fsp3) is 0.304. The van der Waals surface area contributed by atoms with E-state index in [-0.39, 0.29) is 16.1 Å². The molecule has 32 heavy (non-hydrogen) atoms. The van der Waals surface area contributed by atoms with Gasteiger partial charge in [-0.2, -0.15) is 5.01 Å². The zero-order chi connectivity index (χ0) is 23.0. The number of Topliss-reactive ketones (excluding diaryl/α,β-unsaturated/α-hetero) is 1. The number of halogens is 3. The van der Waals surface area contributed by atoms with Gasteiger partial charge in [0.1, 0.15) is 12.4 Å². The predicted molar refractivity (Wildman–Crippen MR) is 116 cm³/mol. The highest BCUT2D eigenvalue weighted by Gasteiger charge is 2.52. The SMILES string of the molecule is O=C(CN(C(=O)c1ccc(Cl)cc1Cl)N1C(=O)C2CCCCC2C1=O)c1ccc(F)cc1. The second kappa shape index (κ2) is 9.00. The van der Waals surface area contributed by atoms with E-state index in [1.54, 1.807) is 0 Å². The summed E-state index contributed by atoms with van der Waals surface area (Å²) in [6.45, 7) is -0.583. The lowest BCUT2D eigenvalue weighted by Gasteiger charge is -2.30. The average molecular weight is 477 g/mol. The number of benzene rings is 2. The maximum atomic E-state index is 13.4. The van der Waals surface area contributed by atoms with Crippen LogP contribution in [0.2, 0.25) is 10.0 Å². The normalized spacial score (nSPS) is 20.3. The van der Waals surface area contributed by atoms with Crippen molar-refractivity contribution in [3.8, 4) is 0 Å². The zero-order valence-corrected chi connectivity index (χ0v) is 18.4. The van der Waals surface area contributed by atoms with Crippen molar-refractivity contribution in [1.82, 2.24) is 10.0 Å². The number of amides is 3. The minimum atomic E-state index is -0.775. The fourth-order valence-electron chi connectivity index (χ4n) is 4.28. The van der Waals surface area contributed by atoms with Crippen molar-refractivity contribution in [2.24, 2.45) is 11.8 Å². The molecule has 2 fully saturated rings. The molecular weight excluding hydrogens is 458 g/mol. The van der Waals surface area contributed by atoms with E-state index in [4.69, 9.17) is 23.2 Å². The monoisotopic (exact) mass is 476 g/mol. The minimum absolute atomic E-state index is 0.00144. The van der Waals surface area contributed by atoms with Crippen LogP contribution in [0.3, 0.4) is 0 Å². The highest BCUT2D eigenvalue weighted by atomic mass is 35.5. The third-order valence-electron chi connectivity index (χ3n) is 5.91. The Morgan fingerprint density at radius 3 is 2.12 bits per heavy atom. The van der Waals surface area contributed by atoms with Gasteiger partial charge in [0.15, 0.2) is 5.78 Å². The molecule has 2 aromatic carbocycles. The highest BCUT2D eigenvalue weighted by Crippen LogP contribution is 2.39. The Morgan fingerprint density at radius 2 is 1.56 bits per heavy atom. The molecule has 1 saturated heterocycles. The van der Waals surface area contributed by atoms with Crippen LogP contribution in [-0.4, -0.2) is 40.1 Å². The molecule has 1 heterocycles. The molecule has 2 aliphatic rings. The molecule has 166 valence electrons. The number of fused-ring (bicyclic) bond motifs is 1. The Balaban J connectivity index is 1.71. The van der Waals surface area contributed by atoms with E-state index in [9.17, 15) is 23.6 Å². The summed E-state index contributed by atoms with van der Waals surface area (Å²) < 4.78 is 13.3. The summed E-state index contributed by atoms with van der Waals surface area (Å²) in [5.74, 6) is -3.85. The Labute approximate surface area is 193 Å². The van der Waals surface area contributed by atoms with E-state index < -0.39 is 47.7 Å². The van der Waals surface area contributed by atoms with Crippen molar-refractivity contribution >= 4 is 46.7 Å². The third-order valence-corrected chi connectivity index (χ3v) is 6.46. The van der Waals surface area contributed by atoms with Crippen LogP contribution in [0.5, 0.6) is 0 Å². The van der Waals surface area contributed by atoms with Gasteiger partial charge in [-0.15, -0.1) is 0 Å². The molecule has 0 radical (unpaired) electrons. The van der Waals surface area contributed by atoms with Gasteiger partial charge in [-0.3, -0.25) is 19.2 Å². The van der Waals surface area contributed by atoms with E-state index in [1.165, 1.54) is 30.3 Å². The number of hydrazine groups is 1. The molecule has 1 aliphatic heterocycles. The standard InChI is InChI=1S/C23H19Cl2FN2O4/c24-14-7-10-18(19(25)11-14)21(30)27(12-20(29)13-5-8-15(26)9-6-13)28-22(31)16-3-1-2-4-17(16)23(28)32/h5-11,16-17H,1-4,12H2. The lowest BCUT2D eigenvalue weighted by molar-refractivity contribution is -0.154. The van der Waals surface area contributed by atoms with Crippen molar-refractivity contribution in [1.29, 1.82) is 0 Å². The van der Waals surface area contributed by atoms with Crippen molar-refractivity contribution in [3.05, 3.63) is 69.5 Å². The molecular formula is C23H19Cl2FN2O4. The highest BCUT2D eigenvalue weighted by molar-refractivity contribution is 6.36. The van der Waals surface area contributed by atoms with Crippen LogP contribution in [0.15, 0.2) is 42.5 Å². The molecule has 2 unspecified atom stereocenters. The largest absolute Gasteiger partial charge is 0.292 e. The van der Waals surface area contributed by atoms with Gasteiger partial charge < -0.3 is 0 Å². The van der Waals surface area contributed by atoms with Crippen LogP contribution in [0.4, 0.5) is 4.39 Å². The number of hydrogen-bond donors (Lipinski definition) is 0. The van der Waals surface area contributed by atoms with Crippen LogP contribution in [0.1, 0.15) is 46.4 Å². The first-order valence-corrected chi connectivity index (χ1v) is 11.0. The molecule has 0 bridgehead atoms. The van der Waals surface area contributed by atoms with Crippen LogP contribution in [-0.2, 0) is 9.59 Å². The number of nitrogens with zero attached hydrogens (tertiary/aromatic N) is 2. The first-order valence-electron chi connectivity index (χ1n) is 10.2. The Bertz CT molecular complexity index is 1080. The summed E-state index contributed by atoms with van der Waals surface area (Å²) in [6, 6.07) is 9.00. The predicted octanol–water partition coefficient (Wildman–Crippen LogP) is 4.55. The number of carbonyl (C=O) groups excluding carboxylic acids is 4. The molecule has 3 amide bonds. The molecule has 6 nitrogen and oxygen atoms in total. The van der Waals surface area contributed by atoms with E-state index in [0.717, 1.165) is 35.0 Å². The summed E-state index contributed by atoms with van der Waals surface area (Å²) in [5.41, 5.74) is 0.140. The summed E-state index contributed by atoms with van der Waals surface area (Å²) in [4.78, 5) is 52.6. The van der Waals surface area contributed by atoms with Crippen LogP contribution in [0.25, 0.3) is 0 Å². The molecule has 0 aromatic heterocycles. The van der Waals surface area contributed by atoms with Gasteiger partial charge in [0.05, 0.1) is 22.4 Å². The molecule has 2 atom stereocenters. The quantitative estimate of drug-likeness (QED) is 0.468. The van der Waals surface area contributed by atoms with Gasteiger partial charge >= 0.3 is 0 Å². The fourth-order valence-corrected chi connectivity index (χ4v) is 4.77. The van der Waals surface area contributed by atoms with E-state index >= 15 is 0 Å². The van der Waals surface area contributed by atoms with E-state index in [0.29, 0.717) is 17.9 Å².